The molecular formula is C14H19BrOS. The molecule has 1 unspecified atom stereocenters. The van der Waals surface area contributed by atoms with E-state index in [2.05, 4.69) is 29.8 Å². The Bertz CT molecular complexity index is 414. The Morgan fingerprint density at radius 3 is 2.71 bits per heavy atom. The second kappa shape index (κ2) is 4.85. The Hall–Kier alpha value is -0.150. The van der Waals surface area contributed by atoms with Crippen molar-refractivity contribution < 1.29 is 4.79 Å². The molecule has 1 heterocycles. The van der Waals surface area contributed by atoms with Crippen LogP contribution in [0.15, 0.2) is 9.85 Å². The number of hydrogen-bond acceptors (Lipinski definition) is 2. The topological polar surface area (TPSA) is 17.1 Å². The van der Waals surface area contributed by atoms with Crippen LogP contribution in [0.2, 0.25) is 0 Å². The predicted molar refractivity (Wildman–Crippen MR) is 76.8 cm³/mol. The molecule has 1 fully saturated rings. The maximum atomic E-state index is 12.6. The number of Topliss-reactive ketones (excluding diaryl/α,β-unsaturated/α-hetero) is 1. The molecule has 0 aliphatic heterocycles. The zero-order valence-electron chi connectivity index (χ0n) is 10.7. The molecule has 3 heteroatoms. The van der Waals surface area contributed by atoms with Crippen molar-refractivity contribution >= 4 is 33.0 Å². The summed E-state index contributed by atoms with van der Waals surface area (Å²) >= 11 is 5.09. The first-order chi connectivity index (χ1) is 7.92. The third kappa shape index (κ3) is 2.65. The van der Waals surface area contributed by atoms with Gasteiger partial charge in [-0.15, -0.1) is 11.3 Å². The zero-order chi connectivity index (χ0) is 12.6. The molecule has 0 amide bonds. The van der Waals surface area contributed by atoms with Gasteiger partial charge in [0.25, 0.3) is 0 Å². The highest BCUT2D eigenvalue weighted by Crippen LogP contribution is 2.43. The van der Waals surface area contributed by atoms with Crippen molar-refractivity contribution in [1.29, 1.82) is 0 Å². The largest absolute Gasteiger partial charge is 0.293 e. The molecule has 0 spiro atoms. The van der Waals surface area contributed by atoms with Crippen molar-refractivity contribution in [2.45, 2.75) is 46.5 Å². The van der Waals surface area contributed by atoms with Crippen LogP contribution in [0.1, 0.15) is 54.8 Å². The van der Waals surface area contributed by atoms with Crippen LogP contribution in [0, 0.1) is 18.3 Å². The van der Waals surface area contributed by atoms with Crippen molar-refractivity contribution in [3.05, 3.63) is 20.3 Å². The maximum absolute atomic E-state index is 12.6. The average Bonchev–Trinajstić information content (AvgIpc) is 2.58. The van der Waals surface area contributed by atoms with Crippen LogP contribution in [-0.4, -0.2) is 5.78 Å². The molecule has 17 heavy (non-hydrogen) atoms. The number of thiophene rings is 1. The SMILES string of the molecule is Cc1cc(C(=O)C2CCCCC2(C)C)sc1Br. The fraction of sp³-hybridized carbons (Fsp3) is 0.643. The van der Waals surface area contributed by atoms with Gasteiger partial charge in [0.15, 0.2) is 5.78 Å². The lowest BCUT2D eigenvalue weighted by Gasteiger charge is -2.37. The molecule has 1 aromatic rings. The van der Waals surface area contributed by atoms with Gasteiger partial charge in [-0.25, -0.2) is 0 Å². The summed E-state index contributed by atoms with van der Waals surface area (Å²) in [5.74, 6) is 0.565. The van der Waals surface area contributed by atoms with Crippen LogP contribution >= 0.6 is 27.3 Å². The van der Waals surface area contributed by atoms with Crippen molar-refractivity contribution in [3.63, 3.8) is 0 Å². The molecular weight excluding hydrogens is 296 g/mol. The Morgan fingerprint density at radius 1 is 1.47 bits per heavy atom. The van der Waals surface area contributed by atoms with Gasteiger partial charge in [0.05, 0.1) is 8.66 Å². The summed E-state index contributed by atoms with van der Waals surface area (Å²) in [6.45, 7) is 6.53. The number of hydrogen-bond donors (Lipinski definition) is 0. The van der Waals surface area contributed by atoms with E-state index >= 15 is 0 Å². The number of rotatable bonds is 2. The minimum Gasteiger partial charge on any atom is -0.293 e. The summed E-state index contributed by atoms with van der Waals surface area (Å²) in [4.78, 5) is 13.5. The Labute approximate surface area is 116 Å². The lowest BCUT2D eigenvalue weighted by molar-refractivity contribution is 0.0702. The highest BCUT2D eigenvalue weighted by molar-refractivity contribution is 9.11. The van der Waals surface area contributed by atoms with Gasteiger partial charge in [-0.1, -0.05) is 26.7 Å². The van der Waals surface area contributed by atoms with Crippen molar-refractivity contribution in [2.24, 2.45) is 11.3 Å². The molecule has 0 aromatic carbocycles. The zero-order valence-corrected chi connectivity index (χ0v) is 13.1. The molecule has 1 atom stereocenters. The lowest BCUT2D eigenvalue weighted by atomic mass is 9.67. The van der Waals surface area contributed by atoms with Gasteiger partial charge in [-0.05, 0) is 52.7 Å². The third-order valence-corrected chi connectivity index (χ3v) is 6.07. The van der Waals surface area contributed by atoms with E-state index < -0.39 is 0 Å². The second-order valence-corrected chi connectivity index (χ2v) is 8.09. The van der Waals surface area contributed by atoms with Crippen molar-refractivity contribution in [1.82, 2.24) is 0 Å². The summed E-state index contributed by atoms with van der Waals surface area (Å²) in [7, 11) is 0. The smallest absolute Gasteiger partial charge is 0.176 e. The number of aryl methyl sites for hydroxylation is 1. The van der Waals surface area contributed by atoms with Crippen LogP contribution in [0.4, 0.5) is 0 Å². The number of carbonyl (C=O) groups excluding carboxylic acids is 1. The van der Waals surface area contributed by atoms with E-state index in [1.165, 1.54) is 24.8 Å². The summed E-state index contributed by atoms with van der Waals surface area (Å²) in [6, 6.07) is 2.03. The van der Waals surface area contributed by atoms with Crippen LogP contribution < -0.4 is 0 Å². The van der Waals surface area contributed by atoms with Crippen LogP contribution in [0.25, 0.3) is 0 Å². The highest BCUT2D eigenvalue weighted by atomic mass is 79.9. The molecule has 1 aliphatic rings. The quantitative estimate of drug-likeness (QED) is 0.684. The fourth-order valence-electron chi connectivity index (χ4n) is 2.73. The number of halogens is 1. The maximum Gasteiger partial charge on any atom is 0.176 e. The molecule has 1 aromatic heterocycles. The van der Waals surface area contributed by atoms with Crippen molar-refractivity contribution in [3.8, 4) is 0 Å². The van der Waals surface area contributed by atoms with Gasteiger partial charge in [0.1, 0.15) is 0 Å². The third-order valence-electron chi connectivity index (χ3n) is 3.92. The minimum atomic E-state index is 0.166. The van der Waals surface area contributed by atoms with E-state index in [9.17, 15) is 4.79 Å². The Balaban J connectivity index is 2.24. The Morgan fingerprint density at radius 2 is 2.18 bits per heavy atom. The first-order valence-electron chi connectivity index (χ1n) is 6.22. The van der Waals surface area contributed by atoms with Gasteiger partial charge >= 0.3 is 0 Å². The number of ketones is 1. The summed E-state index contributed by atoms with van der Waals surface area (Å²) in [5.41, 5.74) is 1.34. The van der Waals surface area contributed by atoms with Gasteiger partial charge in [0, 0.05) is 5.92 Å². The van der Waals surface area contributed by atoms with E-state index in [0.29, 0.717) is 5.78 Å². The molecule has 1 aliphatic carbocycles. The molecule has 0 radical (unpaired) electrons. The molecule has 94 valence electrons. The first kappa shape index (κ1) is 13.3. The second-order valence-electron chi connectivity index (χ2n) is 5.72. The summed E-state index contributed by atoms with van der Waals surface area (Å²) < 4.78 is 1.09. The van der Waals surface area contributed by atoms with Gasteiger partial charge in [-0.2, -0.15) is 0 Å². The molecule has 0 bridgehead atoms. The molecule has 0 N–H and O–H groups in total. The van der Waals surface area contributed by atoms with Gasteiger partial charge in [0.2, 0.25) is 0 Å². The normalized spacial score (nSPS) is 23.6. The van der Waals surface area contributed by atoms with Crippen LogP contribution in [0.3, 0.4) is 0 Å². The van der Waals surface area contributed by atoms with E-state index in [1.807, 2.05) is 13.0 Å². The molecule has 0 saturated heterocycles. The number of carbonyl (C=O) groups is 1. The van der Waals surface area contributed by atoms with Gasteiger partial charge in [-0.3, -0.25) is 4.79 Å². The summed E-state index contributed by atoms with van der Waals surface area (Å²) in [6.07, 6.45) is 4.70. The van der Waals surface area contributed by atoms with Crippen LogP contribution in [-0.2, 0) is 0 Å². The average molecular weight is 315 g/mol. The molecule has 1 saturated carbocycles. The minimum absolute atomic E-state index is 0.166. The predicted octanol–water partition coefficient (Wildman–Crippen LogP) is 5.22. The molecule has 1 nitrogen and oxygen atoms in total. The van der Waals surface area contributed by atoms with Gasteiger partial charge < -0.3 is 0 Å². The first-order valence-corrected chi connectivity index (χ1v) is 7.83. The Kier molecular flexibility index (Phi) is 3.79. The van der Waals surface area contributed by atoms with E-state index in [-0.39, 0.29) is 11.3 Å². The van der Waals surface area contributed by atoms with Crippen molar-refractivity contribution in [2.75, 3.05) is 0 Å². The highest BCUT2D eigenvalue weighted by Gasteiger charge is 2.37. The van der Waals surface area contributed by atoms with E-state index in [0.717, 1.165) is 15.1 Å². The molecule has 2 rings (SSSR count). The summed E-state index contributed by atoms with van der Waals surface area (Å²) in [5, 5.41) is 0. The van der Waals surface area contributed by atoms with E-state index in [4.69, 9.17) is 0 Å². The lowest BCUT2D eigenvalue weighted by Crippen LogP contribution is -2.33. The van der Waals surface area contributed by atoms with E-state index in [1.54, 1.807) is 11.3 Å². The van der Waals surface area contributed by atoms with Crippen LogP contribution in [0.5, 0.6) is 0 Å². The standard InChI is InChI=1S/C14H19BrOS/c1-9-8-11(17-13(9)15)12(16)10-6-4-5-7-14(10,2)3/h8,10H,4-7H2,1-3H3. The fourth-order valence-corrected chi connectivity index (χ4v) is 4.26. The monoisotopic (exact) mass is 314 g/mol.